The van der Waals surface area contributed by atoms with Gasteiger partial charge in [0.2, 0.25) is 13.7 Å². The van der Waals surface area contributed by atoms with Crippen LogP contribution in [0.4, 0.5) is 0 Å². The monoisotopic (exact) mass is 153 g/mol. The maximum absolute atomic E-state index is 2.52. The first-order valence-corrected chi connectivity index (χ1v) is 4.55. The molecule has 0 aliphatic heterocycles. The lowest BCUT2D eigenvalue weighted by atomic mass is 9.49. The van der Waals surface area contributed by atoms with Gasteiger partial charge < -0.3 is 4.72 Å². The van der Waals surface area contributed by atoms with Crippen molar-refractivity contribution in [2.24, 2.45) is 0 Å². The zero-order valence-electron chi connectivity index (χ0n) is 9.10. The van der Waals surface area contributed by atoms with E-state index >= 15 is 0 Å². The van der Waals surface area contributed by atoms with Crippen molar-refractivity contribution in [3.63, 3.8) is 0 Å². The summed E-state index contributed by atoms with van der Waals surface area (Å²) < 4.78 is 2.52. The highest BCUT2D eigenvalue weighted by Gasteiger charge is 2.28. The molecule has 3 heteroatoms. The van der Waals surface area contributed by atoms with E-state index < -0.39 is 0 Å². The van der Waals surface area contributed by atoms with E-state index in [1.807, 2.05) is 0 Å². The van der Waals surface area contributed by atoms with Gasteiger partial charge in [0.15, 0.2) is 0 Å². The normalized spacial score (nSPS) is 12.0. The maximum atomic E-state index is 2.52. The van der Waals surface area contributed by atoms with Gasteiger partial charge in [0, 0.05) is 0 Å². The Hall–Kier alpha value is 0.0899. The Kier molecular flexibility index (Phi) is 3.69. The molecule has 0 aliphatic carbocycles. The zero-order valence-corrected chi connectivity index (χ0v) is 9.10. The van der Waals surface area contributed by atoms with Gasteiger partial charge in [-0.2, -0.15) is 0 Å². The average Bonchev–Trinajstić information content (AvgIpc) is 1.54. The van der Waals surface area contributed by atoms with Crippen molar-refractivity contribution < 1.29 is 0 Å². The third-order valence-electron chi connectivity index (χ3n) is 1.89. The smallest absolute Gasteiger partial charge is 0.205 e. The minimum absolute atomic E-state index is 0.294. The number of hydrogen-bond donors (Lipinski definition) is 0. The summed E-state index contributed by atoms with van der Waals surface area (Å²) in [5.41, 5.74) is 0.294. The van der Waals surface area contributed by atoms with Crippen LogP contribution in [-0.4, -0.2) is 24.0 Å². The Morgan fingerprint density at radius 2 is 1.09 bits per heavy atom. The van der Waals surface area contributed by atoms with Crippen LogP contribution in [0.15, 0.2) is 0 Å². The van der Waals surface area contributed by atoms with E-state index in [1.54, 1.807) is 0 Å². The van der Waals surface area contributed by atoms with E-state index in [2.05, 4.69) is 52.8 Å². The van der Waals surface area contributed by atoms with Crippen LogP contribution in [-0.2, 0) is 0 Å². The first kappa shape index (κ1) is 11.1. The molecule has 0 saturated carbocycles. The second-order valence-corrected chi connectivity index (χ2v) is 4.77. The Morgan fingerprint density at radius 3 is 1.09 bits per heavy atom. The van der Waals surface area contributed by atoms with Crippen molar-refractivity contribution in [1.82, 2.24) is 4.72 Å². The van der Waals surface area contributed by atoms with Crippen LogP contribution in [0.3, 0.4) is 0 Å². The number of nitrogens with zero attached hydrogens (tertiary/aromatic N) is 1. The third-order valence-corrected chi connectivity index (χ3v) is 1.89. The zero-order chi connectivity index (χ0) is 9.23. The highest BCUT2D eigenvalue weighted by molar-refractivity contribution is 6.70. The van der Waals surface area contributed by atoms with Gasteiger partial charge in [0.1, 0.15) is 0 Å². The Bertz CT molecular complexity index is 108. The largest absolute Gasteiger partial charge is 0.380 e. The molecule has 0 rings (SSSR count). The van der Waals surface area contributed by atoms with Crippen molar-refractivity contribution >= 4 is 13.7 Å². The molecule has 0 bridgehead atoms. The Balaban J connectivity index is 4.35. The van der Waals surface area contributed by atoms with Gasteiger partial charge in [-0.1, -0.05) is 27.3 Å². The van der Waals surface area contributed by atoms with Crippen LogP contribution in [0, 0.1) is 0 Å². The minimum Gasteiger partial charge on any atom is -0.380 e. The lowest BCUT2D eigenvalue weighted by Gasteiger charge is -2.41. The van der Waals surface area contributed by atoms with Gasteiger partial charge in [-0.05, 0) is 26.3 Å². The summed E-state index contributed by atoms with van der Waals surface area (Å²) in [6.45, 7) is 17.1. The lowest BCUT2D eigenvalue weighted by Crippen LogP contribution is -2.54. The molecule has 0 aromatic rings. The summed E-state index contributed by atoms with van der Waals surface area (Å²) in [6.07, 6.45) is 0. The van der Waals surface area contributed by atoms with E-state index in [0.717, 1.165) is 0 Å². The molecule has 0 unspecified atom stereocenters. The first-order valence-electron chi connectivity index (χ1n) is 4.55. The molecule has 0 spiro atoms. The third kappa shape index (κ3) is 3.33. The van der Waals surface area contributed by atoms with Crippen molar-refractivity contribution in [2.45, 2.75) is 53.6 Å². The van der Waals surface area contributed by atoms with Crippen molar-refractivity contribution in [2.75, 3.05) is 0 Å². The molecule has 0 heterocycles. The fraction of sp³-hybridized carbons (Fsp3) is 1.00. The fourth-order valence-electron chi connectivity index (χ4n) is 2.15. The van der Waals surface area contributed by atoms with Crippen molar-refractivity contribution in [3.05, 3.63) is 0 Å². The van der Waals surface area contributed by atoms with Gasteiger partial charge in [-0.15, -0.1) is 0 Å². The summed E-state index contributed by atoms with van der Waals surface area (Å²) >= 11 is 0. The van der Waals surface area contributed by atoms with Gasteiger partial charge in [-0.25, -0.2) is 0 Å². The summed E-state index contributed by atoms with van der Waals surface area (Å²) in [6, 6.07) is 0. The summed E-state index contributed by atoms with van der Waals surface area (Å²) in [5, 5.41) is 0. The van der Waals surface area contributed by atoms with Crippen LogP contribution in [0.2, 0.25) is 27.3 Å². The molecule has 0 fully saturated rings. The van der Waals surface area contributed by atoms with Crippen LogP contribution in [0.1, 0.15) is 20.8 Å². The fourth-order valence-corrected chi connectivity index (χ4v) is 2.15. The van der Waals surface area contributed by atoms with E-state index in [1.165, 1.54) is 0 Å². The molecular weight excluding hydrogens is 132 g/mol. The quantitative estimate of drug-likeness (QED) is 0.551. The van der Waals surface area contributed by atoms with Crippen molar-refractivity contribution in [1.29, 1.82) is 0 Å². The average molecular weight is 153 g/mol. The standard InChI is InChI=1S/C8H21B2N/c1-8(2,3)11(9(4)5)10(6)7/h1-7H3. The van der Waals surface area contributed by atoms with Crippen molar-refractivity contribution in [3.8, 4) is 0 Å². The maximum Gasteiger partial charge on any atom is 0.205 e. The molecule has 0 aromatic heterocycles. The topological polar surface area (TPSA) is 3.24 Å². The van der Waals surface area contributed by atoms with Gasteiger partial charge in [0.05, 0.1) is 0 Å². The van der Waals surface area contributed by atoms with E-state index in [4.69, 9.17) is 0 Å². The minimum atomic E-state index is 0.294. The van der Waals surface area contributed by atoms with Crippen LogP contribution in [0.5, 0.6) is 0 Å². The van der Waals surface area contributed by atoms with Crippen LogP contribution >= 0.6 is 0 Å². The lowest BCUT2D eigenvalue weighted by molar-refractivity contribution is 0.365. The van der Waals surface area contributed by atoms with Gasteiger partial charge in [0.25, 0.3) is 0 Å². The molecule has 0 radical (unpaired) electrons. The molecule has 0 N–H and O–H groups in total. The van der Waals surface area contributed by atoms with E-state index in [-0.39, 0.29) is 0 Å². The van der Waals surface area contributed by atoms with E-state index in [0.29, 0.717) is 19.2 Å². The SMILES string of the molecule is CB(C)N(B(C)C)C(C)(C)C. The summed E-state index contributed by atoms with van der Waals surface area (Å²) in [7, 11) is 0. The molecule has 1 nitrogen and oxygen atoms in total. The number of rotatable bonds is 2. The molecule has 0 saturated heterocycles. The first-order chi connectivity index (χ1) is 4.76. The van der Waals surface area contributed by atoms with E-state index in [9.17, 15) is 0 Å². The van der Waals surface area contributed by atoms with Crippen LogP contribution in [0.25, 0.3) is 0 Å². The molecule has 0 atom stereocenters. The molecule has 0 aliphatic rings. The summed E-state index contributed by atoms with van der Waals surface area (Å²) in [4.78, 5) is 0. The molecule has 64 valence electrons. The Morgan fingerprint density at radius 1 is 0.818 bits per heavy atom. The predicted octanol–water partition coefficient (Wildman–Crippen LogP) is 2.59. The molecule has 0 amide bonds. The highest BCUT2D eigenvalue weighted by Crippen LogP contribution is 2.16. The highest BCUT2D eigenvalue weighted by atomic mass is 15.1. The molecular formula is C8H21B2N. The second kappa shape index (κ2) is 3.66. The molecule has 11 heavy (non-hydrogen) atoms. The molecule has 0 aromatic carbocycles. The number of hydrogen-bond acceptors (Lipinski definition) is 1. The predicted molar refractivity (Wildman–Crippen MR) is 56.6 cm³/mol. The van der Waals surface area contributed by atoms with Gasteiger partial charge in [-0.3, -0.25) is 0 Å². The van der Waals surface area contributed by atoms with Gasteiger partial charge >= 0.3 is 0 Å². The van der Waals surface area contributed by atoms with Crippen LogP contribution < -0.4 is 0 Å². The Labute approximate surface area is 72.7 Å². The summed E-state index contributed by atoms with van der Waals surface area (Å²) in [5.74, 6) is 0. The second-order valence-electron chi connectivity index (χ2n) is 4.77.